The maximum atomic E-state index is 4.00. The summed E-state index contributed by atoms with van der Waals surface area (Å²) in [5.41, 5.74) is 12.8. The van der Waals surface area contributed by atoms with Crippen molar-refractivity contribution in [3.8, 4) is 38.4 Å². The van der Waals surface area contributed by atoms with Crippen molar-refractivity contribution in [3.05, 3.63) is 173 Å². The fourth-order valence-corrected chi connectivity index (χ4v) is 11.0. The molecule has 0 aliphatic heterocycles. The average molecular weight is 747 g/mol. The standard InChI is InChI=1S/C49H32BrNS/c1-49(2)42-17-8-7-15-36(42)37-24-21-33(28-43(37)49)51-44-25-20-31(26-41(44)38-22-18-30-11-4-6-14-35(30)47(38)51)32-19-23-40-45(27-32)52-48(46(40)50)39-16-9-12-29-10-3-5-13-34(29)39/h3-28H,1-2H3. The first-order valence-electron chi connectivity index (χ1n) is 17.9. The molecule has 1 nitrogen and oxygen atoms in total. The Bertz CT molecular complexity index is 3120. The van der Waals surface area contributed by atoms with E-state index in [4.69, 9.17) is 0 Å². The molecular weight excluding hydrogens is 715 g/mol. The normalized spacial score (nSPS) is 13.4. The summed E-state index contributed by atoms with van der Waals surface area (Å²) in [5, 5.41) is 8.86. The molecule has 2 aromatic heterocycles. The summed E-state index contributed by atoms with van der Waals surface area (Å²) in [7, 11) is 0. The zero-order valence-corrected chi connectivity index (χ0v) is 31.1. The van der Waals surface area contributed by atoms with Gasteiger partial charge in [-0.05, 0) is 95.8 Å². The van der Waals surface area contributed by atoms with E-state index in [0.29, 0.717) is 0 Å². The predicted molar refractivity (Wildman–Crippen MR) is 227 cm³/mol. The zero-order chi connectivity index (χ0) is 34.7. The quantitative estimate of drug-likeness (QED) is 0.170. The van der Waals surface area contributed by atoms with E-state index >= 15 is 0 Å². The maximum Gasteiger partial charge on any atom is 0.0619 e. The van der Waals surface area contributed by atoms with Gasteiger partial charge in [0.05, 0.1) is 15.9 Å². The highest BCUT2D eigenvalue weighted by molar-refractivity contribution is 9.10. The van der Waals surface area contributed by atoms with Gasteiger partial charge in [-0.25, -0.2) is 0 Å². The molecule has 1 aliphatic carbocycles. The Morgan fingerprint density at radius 2 is 1.17 bits per heavy atom. The minimum atomic E-state index is -0.0706. The van der Waals surface area contributed by atoms with Crippen LogP contribution in [0.4, 0.5) is 0 Å². The summed E-state index contributed by atoms with van der Waals surface area (Å²) < 4.78 is 4.95. The molecule has 246 valence electrons. The third-order valence-corrected chi connectivity index (χ3v) is 13.7. The lowest BCUT2D eigenvalue weighted by atomic mass is 9.82. The molecule has 3 heteroatoms. The first-order valence-corrected chi connectivity index (χ1v) is 19.5. The number of halogens is 1. The zero-order valence-electron chi connectivity index (χ0n) is 28.7. The fraction of sp³-hybridized carbons (Fsp3) is 0.0612. The summed E-state index contributed by atoms with van der Waals surface area (Å²) in [5.74, 6) is 0. The van der Waals surface area contributed by atoms with E-state index in [2.05, 4.69) is 192 Å². The third-order valence-electron chi connectivity index (χ3n) is 11.5. The molecule has 1 aliphatic rings. The van der Waals surface area contributed by atoms with Crippen LogP contribution in [0.5, 0.6) is 0 Å². The van der Waals surface area contributed by atoms with E-state index in [0.717, 1.165) is 0 Å². The van der Waals surface area contributed by atoms with Crippen LogP contribution in [0.2, 0.25) is 0 Å². The number of aromatic nitrogens is 1. The Morgan fingerprint density at radius 1 is 0.500 bits per heavy atom. The van der Waals surface area contributed by atoms with Crippen molar-refractivity contribution in [2.24, 2.45) is 0 Å². The molecule has 0 unspecified atom stereocenters. The highest BCUT2D eigenvalue weighted by Crippen LogP contribution is 2.50. The van der Waals surface area contributed by atoms with Crippen LogP contribution < -0.4 is 0 Å². The molecule has 10 aromatic rings. The molecule has 2 heterocycles. The van der Waals surface area contributed by atoms with Crippen molar-refractivity contribution in [1.29, 1.82) is 0 Å². The lowest BCUT2D eigenvalue weighted by Gasteiger charge is -2.22. The molecule has 0 atom stereocenters. The summed E-state index contributed by atoms with van der Waals surface area (Å²) >= 11 is 5.86. The van der Waals surface area contributed by atoms with Gasteiger partial charge in [-0.2, -0.15) is 0 Å². The third kappa shape index (κ3) is 4.21. The Morgan fingerprint density at radius 3 is 2.06 bits per heavy atom. The molecule has 0 amide bonds. The van der Waals surface area contributed by atoms with Crippen LogP contribution in [-0.2, 0) is 5.41 Å². The molecule has 0 saturated heterocycles. The SMILES string of the molecule is CC1(C)c2ccccc2-c2ccc(-n3c4ccc(-c5ccc6c(Br)c(-c7cccc8ccccc78)sc6c5)cc4c4ccc5ccccc5c43)cc21. The van der Waals surface area contributed by atoms with Crippen LogP contribution in [-0.4, -0.2) is 4.57 Å². The number of hydrogen-bond donors (Lipinski definition) is 0. The summed E-state index contributed by atoms with van der Waals surface area (Å²) in [4.78, 5) is 1.27. The minimum Gasteiger partial charge on any atom is -0.309 e. The monoisotopic (exact) mass is 745 g/mol. The van der Waals surface area contributed by atoms with Gasteiger partial charge >= 0.3 is 0 Å². The average Bonchev–Trinajstić information content (AvgIpc) is 3.78. The molecule has 8 aromatic carbocycles. The van der Waals surface area contributed by atoms with Crippen LogP contribution in [0.15, 0.2) is 162 Å². The molecule has 0 radical (unpaired) electrons. The largest absolute Gasteiger partial charge is 0.309 e. The smallest absolute Gasteiger partial charge is 0.0619 e. The van der Waals surface area contributed by atoms with Crippen LogP contribution in [0.3, 0.4) is 0 Å². The second-order valence-corrected chi connectivity index (χ2v) is 16.5. The lowest BCUT2D eigenvalue weighted by Crippen LogP contribution is -2.15. The van der Waals surface area contributed by atoms with Crippen molar-refractivity contribution in [3.63, 3.8) is 0 Å². The molecule has 0 fully saturated rings. The fourth-order valence-electron chi connectivity index (χ4n) is 8.90. The minimum absolute atomic E-state index is 0.0706. The second kappa shape index (κ2) is 11.0. The van der Waals surface area contributed by atoms with E-state index in [9.17, 15) is 0 Å². The highest BCUT2D eigenvalue weighted by atomic mass is 79.9. The van der Waals surface area contributed by atoms with E-state index < -0.39 is 0 Å². The van der Waals surface area contributed by atoms with Crippen molar-refractivity contribution in [2.45, 2.75) is 19.3 Å². The van der Waals surface area contributed by atoms with E-state index in [1.165, 1.54) is 107 Å². The van der Waals surface area contributed by atoms with Crippen molar-refractivity contribution >= 4 is 80.7 Å². The van der Waals surface area contributed by atoms with Gasteiger partial charge in [0.15, 0.2) is 0 Å². The molecule has 0 saturated carbocycles. The molecule has 0 N–H and O–H groups in total. The molecular formula is C49H32BrNS. The van der Waals surface area contributed by atoms with Crippen molar-refractivity contribution in [2.75, 3.05) is 0 Å². The van der Waals surface area contributed by atoms with Gasteiger partial charge < -0.3 is 4.57 Å². The van der Waals surface area contributed by atoms with E-state index in [1.807, 2.05) is 11.3 Å². The van der Waals surface area contributed by atoms with Crippen LogP contribution in [0.25, 0.3) is 91.8 Å². The molecule has 0 bridgehead atoms. The molecule has 52 heavy (non-hydrogen) atoms. The Labute approximate surface area is 314 Å². The van der Waals surface area contributed by atoms with Crippen LogP contribution >= 0.6 is 27.3 Å². The lowest BCUT2D eigenvalue weighted by molar-refractivity contribution is 0.660. The van der Waals surface area contributed by atoms with Crippen molar-refractivity contribution < 1.29 is 0 Å². The number of fused-ring (bicyclic) bond motifs is 10. The Hall–Kier alpha value is -5.48. The van der Waals surface area contributed by atoms with Crippen molar-refractivity contribution in [1.82, 2.24) is 4.57 Å². The van der Waals surface area contributed by atoms with Gasteiger partial charge in [0.2, 0.25) is 0 Å². The number of benzene rings is 8. The maximum absolute atomic E-state index is 4.00. The summed E-state index contributed by atoms with van der Waals surface area (Å²) in [6, 6.07) is 58.7. The molecule has 11 rings (SSSR count). The van der Waals surface area contributed by atoms with Gasteiger partial charge in [0.25, 0.3) is 0 Å². The number of thiophene rings is 1. The van der Waals surface area contributed by atoms with Crippen LogP contribution in [0, 0.1) is 0 Å². The number of rotatable bonds is 3. The topological polar surface area (TPSA) is 4.93 Å². The van der Waals surface area contributed by atoms with Gasteiger partial charge in [-0.15, -0.1) is 11.3 Å². The Kier molecular flexibility index (Phi) is 6.39. The first kappa shape index (κ1) is 30.2. The van der Waals surface area contributed by atoms with E-state index in [-0.39, 0.29) is 5.41 Å². The second-order valence-electron chi connectivity index (χ2n) is 14.6. The first-order chi connectivity index (χ1) is 25.5. The number of hydrogen-bond acceptors (Lipinski definition) is 1. The van der Waals surface area contributed by atoms with Gasteiger partial charge in [-0.3, -0.25) is 0 Å². The Balaban J connectivity index is 1.10. The summed E-state index contributed by atoms with van der Waals surface area (Å²) in [6.07, 6.45) is 0. The molecule has 0 spiro atoms. The summed E-state index contributed by atoms with van der Waals surface area (Å²) in [6.45, 7) is 4.73. The van der Waals surface area contributed by atoms with E-state index in [1.54, 1.807) is 0 Å². The number of nitrogens with zero attached hydrogens (tertiary/aromatic N) is 1. The van der Waals surface area contributed by atoms with Gasteiger partial charge in [0, 0.05) is 47.4 Å². The van der Waals surface area contributed by atoms with Crippen LogP contribution in [0.1, 0.15) is 25.0 Å². The van der Waals surface area contributed by atoms with Gasteiger partial charge in [0.1, 0.15) is 0 Å². The highest BCUT2D eigenvalue weighted by Gasteiger charge is 2.35. The van der Waals surface area contributed by atoms with Gasteiger partial charge in [-0.1, -0.05) is 141 Å². The predicted octanol–water partition coefficient (Wildman–Crippen LogP) is 14.7.